The number of amides is 1. The molecule has 2 aromatic rings. The lowest BCUT2D eigenvalue weighted by molar-refractivity contribution is -0.126. The molecule has 1 heterocycles. The summed E-state index contributed by atoms with van der Waals surface area (Å²) in [4.78, 5) is 16.1. The fraction of sp³-hybridized carbons (Fsp3) is 0.429. The smallest absolute Gasteiger partial charge is 0.223 e. The van der Waals surface area contributed by atoms with Crippen LogP contribution in [-0.4, -0.2) is 31.1 Å². The zero-order valence-electron chi connectivity index (χ0n) is 15.8. The van der Waals surface area contributed by atoms with Crippen molar-refractivity contribution in [3.8, 4) is 16.9 Å². The van der Waals surface area contributed by atoms with Crippen molar-refractivity contribution in [1.82, 2.24) is 15.6 Å². The Labute approximate surface area is 159 Å². The van der Waals surface area contributed by atoms with Gasteiger partial charge in [-0.15, -0.1) is 0 Å². The van der Waals surface area contributed by atoms with E-state index in [1.54, 1.807) is 13.2 Å². The number of carbonyl (C=O) groups is 1. The number of carbonyl (C=O) groups excluding carboxylic acids is 1. The highest BCUT2D eigenvalue weighted by atomic mass is 19.1. The van der Waals surface area contributed by atoms with Gasteiger partial charge in [0.05, 0.1) is 7.11 Å². The Kier molecular flexibility index (Phi) is 6.40. The molecule has 1 amide bonds. The topological polar surface area (TPSA) is 63.2 Å². The van der Waals surface area contributed by atoms with Crippen LogP contribution in [0.1, 0.15) is 31.2 Å². The third-order valence-corrected chi connectivity index (χ3v) is 5.30. The number of ether oxygens (including phenoxy) is 1. The van der Waals surface area contributed by atoms with Crippen LogP contribution in [0.5, 0.6) is 5.75 Å². The number of nitrogens with one attached hydrogen (secondary N) is 2. The molecular formula is C21H26FN3O2. The zero-order valence-corrected chi connectivity index (χ0v) is 15.8. The Morgan fingerprint density at radius 3 is 2.59 bits per heavy atom. The molecule has 0 spiro atoms. The quantitative estimate of drug-likeness (QED) is 0.765. The van der Waals surface area contributed by atoms with Gasteiger partial charge in [-0.2, -0.15) is 4.39 Å². The van der Waals surface area contributed by atoms with Crippen LogP contribution in [0.4, 0.5) is 4.39 Å². The van der Waals surface area contributed by atoms with E-state index in [1.165, 1.54) is 12.3 Å². The summed E-state index contributed by atoms with van der Waals surface area (Å²) in [6, 6.07) is 9.31. The number of pyridine rings is 1. The molecule has 2 N–H and O–H groups in total. The summed E-state index contributed by atoms with van der Waals surface area (Å²) in [5, 5.41) is 6.32. The molecule has 1 aliphatic rings. The summed E-state index contributed by atoms with van der Waals surface area (Å²) in [7, 11) is 3.57. The van der Waals surface area contributed by atoms with Crippen molar-refractivity contribution in [3.05, 3.63) is 48.0 Å². The monoisotopic (exact) mass is 371 g/mol. The Morgan fingerprint density at radius 1 is 1.19 bits per heavy atom. The fourth-order valence-corrected chi connectivity index (χ4v) is 3.65. The van der Waals surface area contributed by atoms with Crippen LogP contribution >= 0.6 is 0 Å². The second-order valence-electron chi connectivity index (χ2n) is 6.95. The fourth-order valence-electron chi connectivity index (χ4n) is 3.65. The highest BCUT2D eigenvalue weighted by molar-refractivity contribution is 5.79. The molecule has 0 bridgehead atoms. The summed E-state index contributed by atoms with van der Waals surface area (Å²) < 4.78 is 18.8. The van der Waals surface area contributed by atoms with Gasteiger partial charge in [-0.1, -0.05) is 6.07 Å². The first-order chi connectivity index (χ1) is 13.1. The van der Waals surface area contributed by atoms with E-state index in [0.717, 1.165) is 42.4 Å². The maximum Gasteiger partial charge on any atom is 0.223 e. The summed E-state index contributed by atoms with van der Waals surface area (Å²) >= 11 is 0. The Bertz CT molecular complexity index is 789. The van der Waals surface area contributed by atoms with Crippen molar-refractivity contribution < 1.29 is 13.9 Å². The van der Waals surface area contributed by atoms with E-state index in [4.69, 9.17) is 4.74 Å². The minimum atomic E-state index is -0.518. The van der Waals surface area contributed by atoms with Gasteiger partial charge < -0.3 is 15.4 Å². The number of hydrogen-bond donors (Lipinski definition) is 2. The molecule has 0 saturated heterocycles. The summed E-state index contributed by atoms with van der Waals surface area (Å²) in [5.41, 5.74) is 2.46. The van der Waals surface area contributed by atoms with E-state index < -0.39 is 5.95 Å². The molecule has 0 unspecified atom stereocenters. The van der Waals surface area contributed by atoms with Gasteiger partial charge in [0, 0.05) is 36.3 Å². The Hall–Kier alpha value is -2.47. The van der Waals surface area contributed by atoms with Crippen molar-refractivity contribution in [3.63, 3.8) is 0 Å². The summed E-state index contributed by atoms with van der Waals surface area (Å²) in [6.07, 6.45) is 5.31. The van der Waals surface area contributed by atoms with Crippen molar-refractivity contribution in [1.29, 1.82) is 0 Å². The van der Waals surface area contributed by atoms with E-state index in [9.17, 15) is 9.18 Å². The van der Waals surface area contributed by atoms with E-state index in [0.29, 0.717) is 18.3 Å². The molecule has 0 atom stereocenters. The van der Waals surface area contributed by atoms with Crippen LogP contribution in [0.15, 0.2) is 36.5 Å². The first kappa shape index (κ1) is 19.3. The standard InChI is InChI=1S/C21H26FN3O2/c1-23-18-6-3-14(4-7-18)21(26)25-13-17-11-15(5-8-19(17)27-2)16-9-10-24-20(22)12-16/h5,8-12,14,18,23H,3-4,6-7,13H2,1-2H3,(H,25,26). The third-order valence-electron chi connectivity index (χ3n) is 5.30. The van der Waals surface area contributed by atoms with Crippen LogP contribution in [0, 0.1) is 11.9 Å². The van der Waals surface area contributed by atoms with Crippen LogP contribution in [0.2, 0.25) is 0 Å². The van der Waals surface area contributed by atoms with E-state index in [2.05, 4.69) is 15.6 Å². The minimum Gasteiger partial charge on any atom is -0.496 e. The number of benzene rings is 1. The molecule has 1 saturated carbocycles. The van der Waals surface area contributed by atoms with E-state index in [1.807, 2.05) is 25.2 Å². The van der Waals surface area contributed by atoms with Gasteiger partial charge in [0.15, 0.2) is 0 Å². The molecule has 1 aliphatic carbocycles. The molecule has 144 valence electrons. The van der Waals surface area contributed by atoms with Crippen LogP contribution in [0.3, 0.4) is 0 Å². The van der Waals surface area contributed by atoms with Gasteiger partial charge >= 0.3 is 0 Å². The summed E-state index contributed by atoms with van der Waals surface area (Å²) in [5.74, 6) is 0.341. The van der Waals surface area contributed by atoms with E-state index in [-0.39, 0.29) is 11.8 Å². The Balaban J connectivity index is 1.68. The third kappa shape index (κ3) is 4.83. The van der Waals surface area contributed by atoms with Crippen molar-refractivity contribution in [2.45, 2.75) is 38.3 Å². The highest BCUT2D eigenvalue weighted by Crippen LogP contribution is 2.28. The van der Waals surface area contributed by atoms with Gasteiger partial charge in [0.2, 0.25) is 11.9 Å². The molecule has 6 heteroatoms. The number of methoxy groups -OCH3 is 1. The molecule has 27 heavy (non-hydrogen) atoms. The largest absolute Gasteiger partial charge is 0.496 e. The SMILES string of the molecule is CNC1CCC(C(=O)NCc2cc(-c3ccnc(F)c3)ccc2OC)CC1. The van der Waals surface area contributed by atoms with Crippen molar-refractivity contribution in [2.24, 2.45) is 5.92 Å². The predicted molar refractivity (Wildman–Crippen MR) is 103 cm³/mol. The van der Waals surface area contributed by atoms with Crippen molar-refractivity contribution >= 4 is 5.91 Å². The maximum atomic E-state index is 13.4. The molecular weight excluding hydrogens is 345 g/mol. The van der Waals surface area contributed by atoms with E-state index >= 15 is 0 Å². The highest BCUT2D eigenvalue weighted by Gasteiger charge is 2.25. The minimum absolute atomic E-state index is 0.0677. The molecule has 3 rings (SSSR count). The predicted octanol–water partition coefficient (Wildman–Crippen LogP) is 3.29. The maximum absolute atomic E-state index is 13.4. The molecule has 0 radical (unpaired) electrons. The number of rotatable bonds is 6. The molecule has 1 aromatic carbocycles. The second-order valence-corrected chi connectivity index (χ2v) is 6.95. The van der Waals surface area contributed by atoms with Crippen LogP contribution in [0.25, 0.3) is 11.1 Å². The molecule has 5 nitrogen and oxygen atoms in total. The van der Waals surface area contributed by atoms with Gasteiger partial charge in [-0.05, 0) is 62.1 Å². The first-order valence-electron chi connectivity index (χ1n) is 9.34. The normalized spacial score (nSPS) is 19.5. The van der Waals surface area contributed by atoms with Gasteiger partial charge in [-0.25, -0.2) is 4.98 Å². The zero-order chi connectivity index (χ0) is 19.2. The second kappa shape index (κ2) is 8.95. The molecule has 0 aliphatic heterocycles. The Morgan fingerprint density at radius 2 is 1.93 bits per heavy atom. The van der Waals surface area contributed by atoms with Gasteiger partial charge in [0.25, 0.3) is 0 Å². The molecule has 1 fully saturated rings. The lowest BCUT2D eigenvalue weighted by atomic mass is 9.85. The average molecular weight is 371 g/mol. The van der Waals surface area contributed by atoms with Gasteiger partial charge in [0.1, 0.15) is 5.75 Å². The first-order valence-corrected chi connectivity index (χ1v) is 9.34. The average Bonchev–Trinajstić information content (AvgIpc) is 2.71. The molecule has 1 aromatic heterocycles. The van der Waals surface area contributed by atoms with Gasteiger partial charge in [-0.3, -0.25) is 4.79 Å². The number of nitrogens with zero attached hydrogens (tertiary/aromatic N) is 1. The number of hydrogen-bond acceptors (Lipinski definition) is 4. The van der Waals surface area contributed by atoms with Crippen molar-refractivity contribution in [2.75, 3.05) is 14.2 Å². The van der Waals surface area contributed by atoms with Crippen LogP contribution in [-0.2, 0) is 11.3 Å². The lowest BCUT2D eigenvalue weighted by Gasteiger charge is -2.27. The lowest BCUT2D eigenvalue weighted by Crippen LogP contribution is -2.37. The number of aromatic nitrogens is 1. The number of halogens is 1. The van der Waals surface area contributed by atoms with Crippen LogP contribution < -0.4 is 15.4 Å². The summed E-state index contributed by atoms with van der Waals surface area (Å²) in [6.45, 7) is 0.384.